The summed E-state index contributed by atoms with van der Waals surface area (Å²) in [6.07, 6.45) is 0.907. The summed E-state index contributed by atoms with van der Waals surface area (Å²) < 4.78 is 0. The minimum absolute atomic E-state index is 0.504. The SMILES string of the molecule is CC/C(C)=N/NC(=S)Nc1cccc2ccccc12. The Balaban J connectivity index is 2.15. The molecule has 0 spiro atoms. The molecule has 3 nitrogen and oxygen atoms in total. The zero-order chi connectivity index (χ0) is 13.7. The topological polar surface area (TPSA) is 36.4 Å². The molecular weight excluding hydrogens is 254 g/mol. The minimum Gasteiger partial charge on any atom is -0.331 e. The molecule has 0 amide bonds. The van der Waals surface area contributed by atoms with E-state index in [0.29, 0.717) is 5.11 Å². The number of fused-ring (bicyclic) bond motifs is 1. The lowest BCUT2D eigenvalue weighted by Crippen LogP contribution is -2.24. The van der Waals surface area contributed by atoms with E-state index in [1.165, 1.54) is 5.39 Å². The molecule has 0 saturated carbocycles. The van der Waals surface area contributed by atoms with Gasteiger partial charge in [0.05, 0.1) is 0 Å². The van der Waals surface area contributed by atoms with Crippen LogP contribution in [-0.4, -0.2) is 10.8 Å². The van der Waals surface area contributed by atoms with Crippen LogP contribution in [-0.2, 0) is 0 Å². The molecule has 4 heteroatoms. The third kappa shape index (κ3) is 3.51. The standard InChI is InChI=1S/C15H17N3S/c1-3-11(2)17-18-15(19)16-14-10-6-8-12-7-4-5-9-13(12)14/h4-10H,3H2,1-2H3,(H2,16,18,19)/b17-11+. The molecule has 19 heavy (non-hydrogen) atoms. The van der Waals surface area contributed by atoms with E-state index in [1.807, 2.05) is 31.2 Å². The van der Waals surface area contributed by atoms with Crippen molar-refractivity contribution < 1.29 is 0 Å². The molecule has 0 aromatic heterocycles. The fourth-order valence-corrected chi connectivity index (χ4v) is 1.87. The summed E-state index contributed by atoms with van der Waals surface area (Å²) in [4.78, 5) is 0. The second-order valence-electron chi connectivity index (χ2n) is 4.29. The van der Waals surface area contributed by atoms with Crippen molar-refractivity contribution in [1.29, 1.82) is 0 Å². The molecule has 0 bridgehead atoms. The van der Waals surface area contributed by atoms with E-state index >= 15 is 0 Å². The van der Waals surface area contributed by atoms with Crippen LogP contribution in [0.5, 0.6) is 0 Å². The lowest BCUT2D eigenvalue weighted by atomic mass is 10.1. The minimum atomic E-state index is 0.504. The third-order valence-corrected chi connectivity index (χ3v) is 3.09. The predicted octanol–water partition coefficient (Wildman–Crippen LogP) is 3.91. The zero-order valence-electron chi connectivity index (χ0n) is 11.1. The van der Waals surface area contributed by atoms with Crippen LogP contribution in [0.25, 0.3) is 10.8 Å². The molecule has 0 unspecified atom stereocenters. The number of nitrogens with zero attached hydrogens (tertiary/aromatic N) is 1. The normalized spacial score (nSPS) is 11.4. The summed E-state index contributed by atoms with van der Waals surface area (Å²) >= 11 is 5.24. The highest BCUT2D eigenvalue weighted by Crippen LogP contribution is 2.22. The van der Waals surface area contributed by atoms with Crippen molar-refractivity contribution in [1.82, 2.24) is 5.43 Å². The predicted molar refractivity (Wildman–Crippen MR) is 86.7 cm³/mol. The maximum absolute atomic E-state index is 5.24. The lowest BCUT2D eigenvalue weighted by Gasteiger charge is -2.10. The van der Waals surface area contributed by atoms with Crippen LogP contribution in [0, 0.1) is 0 Å². The Morgan fingerprint density at radius 1 is 1.16 bits per heavy atom. The van der Waals surface area contributed by atoms with Crippen molar-refractivity contribution in [3.8, 4) is 0 Å². The first-order chi connectivity index (χ1) is 9.20. The number of nitrogens with one attached hydrogen (secondary N) is 2. The quantitative estimate of drug-likeness (QED) is 0.505. The van der Waals surface area contributed by atoms with E-state index in [9.17, 15) is 0 Å². The van der Waals surface area contributed by atoms with Crippen LogP contribution in [0.3, 0.4) is 0 Å². The van der Waals surface area contributed by atoms with Crippen molar-refractivity contribution in [3.05, 3.63) is 42.5 Å². The molecule has 0 heterocycles. The maximum Gasteiger partial charge on any atom is 0.191 e. The van der Waals surface area contributed by atoms with Gasteiger partial charge in [0.1, 0.15) is 0 Å². The summed E-state index contributed by atoms with van der Waals surface area (Å²) in [7, 11) is 0. The monoisotopic (exact) mass is 271 g/mol. The Bertz CT molecular complexity index is 614. The van der Waals surface area contributed by atoms with Gasteiger partial charge in [-0.05, 0) is 37.0 Å². The first-order valence-corrected chi connectivity index (χ1v) is 6.69. The van der Waals surface area contributed by atoms with E-state index in [4.69, 9.17) is 12.2 Å². The molecule has 0 fully saturated rings. The van der Waals surface area contributed by atoms with Crippen molar-refractivity contribution >= 4 is 39.5 Å². The van der Waals surface area contributed by atoms with Gasteiger partial charge < -0.3 is 5.32 Å². The molecule has 0 aliphatic rings. The van der Waals surface area contributed by atoms with Gasteiger partial charge in [-0.1, -0.05) is 43.3 Å². The third-order valence-electron chi connectivity index (χ3n) is 2.90. The van der Waals surface area contributed by atoms with E-state index in [2.05, 4.69) is 41.0 Å². The first kappa shape index (κ1) is 13.5. The van der Waals surface area contributed by atoms with Crippen molar-refractivity contribution in [2.24, 2.45) is 5.10 Å². The van der Waals surface area contributed by atoms with E-state index < -0.39 is 0 Å². The molecule has 2 aromatic rings. The highest BCUT2D eigenvalue weighted by atomic mass is 32.1. The van der Waals surface area contributed by atoms with Crippen LogP contribution in [0.4, 0.5) is 5.69 Å². The number of anilines is 1. The van der Waals surface area contributed by atoms with Crippen LogP contribution in [0.2, 0.25) is 0 Å². The van der Waals surface area contributed by atoms with Crippen molar-refractivity contribution in [2.75, 3.05) is 5.32 Å². The molecule has 0 aliphatic carbocycles. The van der Waals surface area contributed by atoms with Gasteiger partial charge in [0.15, 0.2) is 5.11 Å². The van der Waals surface area contributed by atoms with Gasteiger partial charge in [-0.2, -0.15) is 5.10 Å². The van der Waals surface area contributed by atoms with Crippen molar-refractivity contribution in [2.45, 2.75) is 20.3 Å². The number of hydrazone groups is 1. The molecule has 2 aromatic carbocycles. The second-order valence-corrected chi connectivity index (χ2v) is 4.70. The fraction of sp³-hybridized carbons (Fsp3) is 0.200. The molecule has 0 aliphatic heterocycles. The molecule has 0 saturated heterocycles. The number of benzene rings is 2. The molecule has 0 radical (unpaired) electrons. The first-order valence-electron chi connectivity index (χ1n) is 6.28. The largest absolute Gasteiger partial charge is 0.331 e. The van der Waals surface area contributed by atoms with Crippen LogP contribution in [0.1, 0.15) is 20.3 Å². The van der Waals surface area contributed by atoms with Gasteiger partial charge in [0, 0.05) is 16.8 Å². The van der Waals surface area contributed by atoms with Crippen molar-refractivity contribution in [3.63, 3.8) is 0 Å². The number of hydrogen-bond donors (Lipinski definition) is 2. The second kappa shape index (κ2) is 6.29. The fourth-order valence-electron chi connectivity index (χ4n) is 1.71. The average molecular weight is 271 g/mol. The molecule has 0 atom stereocenters. The highest BCUT2D eigenvalue weighted by molar-refractivity contribution is 7.80. The summed E-state index contributed by atoms with van der Waals surface area (Å²) in [5.74, 6) is 0. The zero-order valence-corrected chi connectivity index (χ0v) is 11.9. The van der Waals surface area contributed by atoms with E-state index in [0.717, 1.165) is 23.2 Å². The summed E-state index contributed by atoms with van der Waals surface area (Å²) in [5, 5.41) is 10.2. The Morgan fingerprint density at radius 2 is 1.89 bits per heavy atom. The Kier molecular flexibility index (Phi) is 4.47. The van der Waals surface area contributed by atoms with E-state index in [-0.39, 0.29) is 0 Å². The highest BCUT2D eigenvalue weighted by Gasteiger charge is 2.01. The molecule has 2 N–H and O–H groups in total. The van der Waals surface area contributed by atoms with Gasteiger partial charge in [-0.3, -0.25) is 5.43 Å². The smallest absolute Gasteiger partial charge is 0.191 e. The van der Waals surface area contributed by atoms with Crippen LogP contribution >= 0.6 is 12.2 Å². The number of thiocarbonyl (C=S) groups is 1. The van der Waals surface area contributed by atoms with E-state index in [1.54, 1.807) is 0 Å². The Morgan fingerprint density at radius 3 is 2.68 bits per heavy atom. The van der Waals surface area contributed by atoms with Crippen LogP contribution in [0.15, 0.2) is 47.6 Å². The van der Waals surface area contributed by atoms with Gasteiger partial charge in [0.25, 0.3) is 0 Å². The van der Waals surface area contributed by atoms with Gasteiger partial charge in [-0.15, -0.1) is 0 Å². The number of rotatable bonds is 3. The summed E-state index contributed by atoms with van der Waals surface area (Å²) in [6, 6.07) is 14.3. The average Bonchev–Trinajstić information content (AvgIpc) is 2.45. The van der Waals surface area contributed by atoms with Gasteiger partial charge >= 0.3 is 0 Å². The molecular formula is C15H17N3S. The molecule has 98 valence electrons. The number of hydrogen-bond acceptors (Lipinski definition) is 2. The Labute approximate surface area is 118 Å². The van der Waals surface area contributed by atoms with Gasteiger partial charge in [0.2, 0.25) is 0 Å². The van der Waals surface area contributed by atoms with Gasteiger partial charge in [-0.25, -0.2) is 0 Å². The lowest BCUT2D eigenvalue weighted by molar-refractivity contribution is 1.02. The summed E-state index contributed by atoms with van der Waals surface area (Å²) in [5.41, 5.74) is 4.86. The molecule has 2 rings (SSSR count). The van der Waals surface area contributed by atoms with Crippen LogP contribution < -0.4 is 10.7 Å². The summed E-state index contributed by atoms with van der Waals surface area (Å²) in [6.45, 7) is 4.02. The Hall–Kier alpha value is -1.94. The maximum atomic E-state index is 5.24.